The number of hydrogen-bond acceptors (Lipinski definition) is 6. The number of nitrogens with zero attached hydrogens (tertiary/aromatic N) is 2. The van der Waals surface area contributed by atoms with Gasteiger partial charge in [0.15, 0.2) is 0 Å². The lowest BCUT2D eigenvalue weighted by Gasteiger charge is -2.63. The molecule has 4 rings (SSSR count). The van der Waals surface area contributed by atoms with E-state index in [-0.39, 0.29) is 22.7 Å². The Morgan fingerprint density at radius 2 is 1.91 bits per heavy atom. The van der Waals surface area contributed by atoms with Crippen LogP contribution in [0.5, 0.6) is 0 Å². The summed E-state index contributed by atoms with van der Waals surface area (Å²) in [5, 5.41) is 4.33. The van der Waals surface area contributed by atoms with Crippen LogP contribution in [0, 0.1) is 34.5 Å². The van der Waals surface area contributed by atoms with E-state index in [4.69, 9.17) is 9.57 Å². The maximum absolute atomic E-state index is 12.4. The van der Waals surface area contributed by atoms with Crippen LogP contribution in [0.25, 0.3) is 0 Å². The molecule has 0 aromatic carbocycles. The number of ether oxygens (including phenoxy) is 1. The lowest BCUT2D eigenvalue weighted by atomic mass is 9.43. The van der Waals surface area contributed by atoms with Crippen LogP contribution in [0.1, 0.15) is 78.6 Å². The van der Waals surface area contributed by atoms with Crippen molar-refractivity contribution in [3.8, 4) is 0 Å². The maximum Gasteiger partial charge on any atom is 0.303 e. The molecule has 4 fully saturated rings. The quantitative estimate of drug-likeness (QED) is 0.261. The molecule has 0 aromatic rings. The third-order valence-electron chi connectivity index (χ3n) is 9.96. The molecular weight excluding hydrogens is 404 g/mol. The van der Waals surface area contributed by atoms with E-state index in [1.807, 2.05) is 20.3 Å². The molecule has 4 aliphatic rings. The Morgan fingerprint density at radius 3 is 2.62 bits per heavy atom. The summed E-state index contributed by atoms with van der Waals surface area (Å²) >= 11 is 0. The number of likely N-dealkylation sites (N-methyl/N-ethyl adjacent to an activating group) is 1. The van der Waals surface area contributed by atoms with Gasteiger partial charge in [-0.2, -0.15) is 0 Å². The SMILES string of the molecule is CC(=O)O[C@]12CC[C@H](/C=N\OCCN(C)C)[C@@]1(C)CC[C@H]1[C@H]2CC[C@@H]2CC(=O)CC[C@@]21C. The summed E-state index contributed by atoms with van der Waals surface area (Å²) in [6.07, 6.45) is 10.7. The Kier molecular flexibility index (Phi) is 6.47. The van der Waals surface area contributed by atoms with Gasteiger partial charge in [0.25, 0.3) is 0 Å². The van der Waals surface area contributed by atoms with E-state index in [1.165, 1.54) is 0 Å². The molecule has 0 unspecified atom stereocenters. The molecule has 4 saturated carbocycles. The van der Waals surface area contributed by atoms with Crippen LogP contribution < -0.4 is 0 Å². The molecule has 0 amide bonds. The molecule has 0 aliphatic heterocycles. The summed E-state index contributed by atoms with van der Waals surface area (Å²) in [6.45, 7) is 7.73. The molecule has 32 heavy (non-hydrogen) atoms. The molecule has 0 N–H and O–H groups in total. The number of carbonyl (C=O) groups excluding carboxylic acids is 2. The number of fused-ring (bicyclic) bond motifs is 5. The van der Waals surface area contributed by atoms with Crippen LogP contribution >= 0.6 is 0 Å². The van der Waals surface area contributed by atoms with Gasteiger partial charge in [0.2, 0.25) is 0 Å². The molecule has 0 heterocycles. The van der Waals surface area contributed by atoms with Crippen LogP contribution in [-0.2, 0) is 19.2 Å². The van der Waals surface area contributed by atoms with Gasteiger partial charge in [0.05, 0.1) is 0 Å². The van der Waals surface area contributed by atoms with Crippen LogP contribution in [0.2, 0.25) is 0 Å². The van der Waals surface area contributed by atoms with E-state index in [9.17, 15) is 9.59 Å². The van der Waals surface area contributed by atoms with E-state index in [0.717, 1.165) is 57.9 Å². The average Bonchev–Trinajstić information content (AvgIpc) is 3.00. The van der Waals surface area contributed by atoms with Crippen molar-refractivity contribution in [1.82, 2.24) is 4.90 Å². The van der Waals surface area contributed by atoms with Gasteiger partial charge in [-0.05, 0) is 76.3 Å². The molecule has 0 aromatic heterocycles. The zero-order valence-corrected chi connectivity index (χ0v) is 20.7. The highest BCUT2D eigenvalue weighted by Gasteiger charge is 2.69. The van der Waals surface area contributed by atoms with E-state index >= 15 is 0 Å². The Bertz CT molecular complexity index is 767. The van der Waals surface area contributed by atoms with Crippen molar-refractivity contribution >= 4 is 18.0 Å². The summed E-state index contributed by atoms with van der Waals surface area (Å²) in [4.78, 5) is 32.2. The van der Waals surface area contributed by atoms with E-state index in [1.54, 1.807) is 6.92 Å². The first-order chi connectivity index (χ1) is 15.1. The van der Waals surface area contributed by atoms with Crippen LogP contribution in [0.3, 0.4) is 0 Å². The maximum atomic E-state index is 12.4. The van der Waals surface area contributed by atoms with Crippen LogP contribution in [-0.4, -0.2) is 55.7 Å². The smallest absolute Gasteiger partial charge is 0.303 e. The molecule has 0 saturated heterocycles. The van der Waals surface area contributed by atoms with E-state index in [2.05, 4.69) is 23.9 Å². The third-order valence-corrected chi connectivity index (χ3v) is 9.96. The predicted octanol–water partition coefficient (Wildman–Crippen LogP) is 4.46. The monoisotopic (exact) mass is 446 g/mol. The summed E-state index contributed by atoms with van der Waals surface area (Å²) in [5.74, 6) is 1.91. The van der Waals surface area contributed by atoms with Crippen LogP contribution in [0.15, 0.2) is 5.16 Å². The van der Waals surface area contributed by atoms with Gasteiger partial charge in [-0.25, -0.2) is 0 Å². The second kappa shape index (κ2) is 8.73. The number of rotatable bonds is 6. The van der Waals surface area contributed by atoms with Gasteiger partial charge >= 0.3 is 5.97 Å². The number of hydrogen-bond donors (Lipinski definition) is 0. The topological polar surface area (TPSA) is 68.2 Å². The van der Waals surface area contributed by atoms with Crippen molar-refractivity contribution in [3.05, 3.63) is 0 Å². The minimum Gasteiger partial charge on any atom is -0.458 e. The fourth-order valence-corrected chi connectivity index (χ4v) is 8.15. The molecule has 0 radical (unpaired) electrons. The van der Waals surface area contributed by atoms with Gasteiger partial charge in [-0.3, -0.25) is 9.59 Å². The number of carbonyl (C=O) groups is 2. The van der Waals surface area contributed by atoms with Crippen molar-refractivity contribution in [2.75, 3.05) is 27.2 Å². The summed E-state index contributed by atoms with van der Waals surface area (Å²) in [7, 11) is 4.04. The molecule has 0 bridgehead atoms. The summed E-state index contributed by atoms with van der Waals surface area (Å²) in [6, 6.07) is 0. The van der Waals surface area contributed by atoms with Gasteiger partial charge in [-0.1, -0.05) is 19.0 Å². The standard InChI is InChI=1S/C26H42N2O4/c1-18(29)32-26-13-8-20(17-27-31-15-14-28(4)5)25(26,3)12-10-22-23(26)7-6-19-16-21(30)9-11-24(19,22)2/h17,19-20,22-23H,6-16H2,1-5H3/b27-17-/t19-,20-,22+,23-,24+,25-,26+/m1/s1. The van der Waals surface area contributed by atoms with Crippen molar-refractivity contribution < 1.29 is 19.2 Å². The van der Waals surface area contributed by atoms with E-state index in [0.29, 0.717) is 36.6 Å². The minimum atomic E-state index is -0.433. The molecule has 6 nitrogen and oxygen atoms in total. The first-order valence-corrected chi connectivity index (χ1v) is 12.6. The number of oxime groups is 1. The van der Waals surface area contributed by atoms with Gasteiger partial charge in [0, 0.05) is 49.8 Å². The largest absolute Gasteiger partial charge is 0.458 e. The highest BCUT2D eigenvalue weighted by atomic mass is 16.6. The zero-order valence-electron chi connectivity index (χ0n) is 20.7. The Morgan fingerprint density at radius 1 is 1.12 bits per heavy atom. The third kappa shape index (κ3) is 3.80. The molecule has 180 valence electrons. The fraction of sp³-hybridized carbons (Fsp3) is 0.885. The van der Waals surface area contributed by atoms with Gasteiger partial charge < -0.3 is 14.5 Å². The molecule has 6 heteroatoms. The van der Waals surface area contributed by atoms with Crippen molar-refractivity contribution in [3.63, 3.8) is 0 Å². The Balaban J connectivity index is 1.59. The predicted molar refractivity (Wildman–Crippen MR) is 124 cm³/mol. The highest BCUT2D eigenvalue weighted by Crippen LogP contribution is 2.69. The van der Waals surface area contributed by atoms with Crippen molar-refractivity contribution in [2.24, 2.45) is 39.7 Å². The molecular formula is C26H42N2O4. The van der Waals surface area contributed by atoms with Gasteiger partial charge in [0.1, 0.15) is 18.0 Å². The van der Waals surface area contributed by atoms with Gasteiger partial charge in [-0.15, -0.1) is 0 Å². The van der Waals surface area contributed by atoms with Crippen molar-refractivity contribution in [2.45, 2.75) is 84.2 Å². The minimum absolute atomic E-state index is 0.123. The second-order valence-corrected chi connectivity index (χ2v) is 11.7. The lowest BCUT2D eigenvalue weighted by Crippen LogP contribution is -2.63. The average molecular weight is 447 g/mol. The molecule has 7 atom stereocenters. The van der Waals surface area contributed by atoms with Crippen LogP contribution in [0.4, 0.5) is 0 Å². The Hall–Kier alpha value is -1.43. The second-order valence-electron chi connectivity index (χ2n) is 11.7. The normalized spacial score (nSPS) is 43.6. The lowest BCUT2D eigenvalue weighted by molar-refractivity contribution is -0.223. The number of esters is 1. The summed E-state index contributed by atoms with van der Waals surface area (Å²) < 4.78 is 6.40. The first kappa shape index (κ1) is 23.7. The zero-order chi connectivity index (χ0) is 23.1. The molecule has 4 aliphatic carbocycles. The first-order valence-electron chi connectivity index (χ1n) is 12.6. The number of Topliss-reactive ketones (excluding diaryl/α,β-unsaturated/α-hetero) is 1. The van der Waals surface area contributed by atoms with Crippen molar-refractivity contribution in [1.29, 1.82) is 0 Å². The highest BCUT2D eigenvalue weighted by molar-refractivity contribution is 5.79. The summed E-state index contributed by atoms with van der Waals surface area (Å²) in [5.41, 5.74) is -0.369. The molecule has 0 spiro atoms. The Labute approximate surface area is 193 Å². The fourth-order valence-electron chi connectivity index (χ4n) is 8.15. The number of ketones is 1. The van der Waals surface area contributed by atoms with E-state index < -0.39 is 5.60 Å².